The summed E-state index contributed by atoms with van der Waals surface area (Å²) in [6.45, 7) is 9.53. The van der Waals surface area contributed by atoms with Gasteiger partial charge in [-0.3, -0.25) is 4.99 Å². The highest BCUT2D eigenvalue weighted by Gasteiger charge is 2.15. The largest absolute Gasteiger partial charge is 0.354 e. The van der Waals surface area contributed by atoms with E-state index in [0.29, 0.717) is 18.0 Å². The van der Waals surface area contributed by atoms with Crippen LogP contribution in [0.4, 0.5) is 0 Å². The van der Waals surface area contributed by atoms with Crippen LogP contribution in [-0.2, 0) is 0 Å². The van der Waals surface area contributed by atoms with Crippen LogP contribution in [-0.4, -0.2) is 44.6 Å². The third-order valence-electron chi connectivity index (χ3n) is 4.14. The first-order valence-electron chi connectivity index (χ1n) is 8.05. The molecule has 0 aliphatic heterocycles. The maximum atomic E-state index is 4.33. The van der Waals surface area contributed by atoms with Gasteiger partial charge in [-0.25, -0.2) is 0 Å². The summed E-state index contributed by atoms with van der Waals surface area (Å²) in [5, 5.41) is 6.89. The van der Waals surface area contributed by atoms with Gasteiger partial charge in [-0.05, 0) is 39.4 Å². The molecule has 0 spiro atoms. The molecule has 0 fully saturated rings. The standard InChI is InChI=1S/C18H32N4/c1-13(2)15(4)21-18(19-5)20-12-17(22(6)7)16-10-8-14(3)9-11-16/h8-11,13,15,17H,12H2,1-7H3,(H2,19,20,21). The topological polar surface area (TPSA) is 39.7 Å². The first-order valence-corrected chi connectivity index (χ1v) is 8.05. The van der Waals surface area contributed by atoms with E-state index in [4.69, 9.17) is 0 Å². The average Bonchev–Trinajstić information content (AvgIpc) is 2.47. The second-order valence-electron chi connectivity index (χ2n) is 6.52. The molecule has 0 heterocycles. The number of rotatable bonds is 6. The number of hydrogen-bond donors (Lipinski definition) is 2. The predicted octanol–water partition coefficient (Wildman–Crippen LogP) is 2.81. The number of nitrogens with one attached hydrogen (secondary N) is 2. The third-order valence-corrected chi connectivity index (χ3v) is 4.14. The SMILES string of the molecule is CN=C(NCC(c1ccc(C)cc1)N(C)C)NC(C)C(C)C. The Morgan fingerprint density at radius 1 is 1.14 bits per heavy atom. The molecule has 0 aliphatic rings. The van der Waals surface area contributed by atoms with Crippen LogP contribution in [0.3, 0.4) is 0 Å². The Labute approximate surface area is 136 Å². The molecule has 2 N–H and O–H groups in total. The molecule has 1 rings (SSSR count). The lowest BCUT2D eigenvalue weighted by Gasteiger charge is -2.27. The van der Waals surface area contributed by atoms with E-state index in [1.54, 1.807) is 0 Å². The Hall–Kier alpha value is -1.55. The monoisotopic (exact) mass is 304 g/mol. The lowest BCUT2D eigenvalue weighted by Crippen LogP contribution is -2.46. The first kappa shape index (κ1) is 18.5. The number of benzene rings is 1. The molecule has 2 unspecified atom stereocenters. The second kappa shape index (κ2) is 8.79. The Morgan fingerprint density at radius 3 is 2.18 bits per heavy atom. The Morgan fingerprint density at radius 2 is 1.73 bits per heavy atom. The summed E-state index contributed by atoms with van der Waals surface area (Å²) < 4.78 is 0. The lowest BCUT2D eigenvalue weighted by molar-refractivity contribution is 0.297. The van der Waals surface area contributed by atoms with Crippen molar-refractivity contribution in [2.45, 2.75) is 39.8 Å². The van der Waals surface area contributed by atoms with E-state index in [-0.39, 0.29) is 0 Å². The molecule has 0 amide bonds. The van der Waals surface area contributed by atoms with Gasteiger partial charge < -0.3 is 15.5 Å². The van der Waals surface area contributed by atoms with E-state index in [9.17, 15) is 0 Å². The quantitative estimate of drug-likeness (QED) is 0.627. The van der Waals surface area contributed by atoms with E-state index in [1.165, 1.54) is 11.1 Å². The molecular formula is C18H32N4. The summed E-state index contributed by atoms with van der Waals surface area (Å²) in [6.07, 6.45) is 0. The van der Waals surface area contributed by atoms with Crippen molar-refractivity contribution in [1.29, 1.82) is 0 Å². The number of nitrogens with zero attached hydrogens (tertiary/aromatic N) is 2. The van der Waals surface area contributed by atoms with Gasteiger partial charge in [-0.15, -0.1) is 0 Å². The lowest BCUT2D eigenvalue weighted by atomic mass is 10.0. The summed E-state index contributed by atoms with van der Waals surface area (Å²) in [5.74, 6) is 1.43. The molecule has 0 saturated heterocycles. The zero-order chi connectivity index (χ0) is 16.7. The minimum Gasteiger partial charge on any atom is -0.354 e. The van der Waals surface area contributed by atoms with Gasteiger partial charge in [0.05, 0.1) is 6.04 Å². The molecule has 0 aromatic heterocycles. The molecule has 4 heteroatoms. The molecule has 4 nitrogen and oxygen atoms in total. The molecule has 124 valence electrons. The van der Waals surface area contributed by atoms with Crippen LogP contribution in [0.25, 0.3) is 0 Å². The highest BCUT2D eigenvalue weighted by molar-refractivity contribution is 5.80. The van der Waals surface area contributed by atoms with Crippen molar-refractivity contribution < 1.29 is 0 Å². The van der Waals surface area contributed by atoms with Crippen LogP contribution in [0.15, 0.2) is 29.3 Å². The smallest absolute Gasteiger partial charge is 0.191 e. The number of aryl methyl sites for hydroxylation is 1. The van der Waals surface area contributed by atoms with E-state index < -0.39 is 0 Å². The maximum Gasteiger partial charge on any atom is 0.191 e. The summed E-state index contributed by atoms with van der Waals surface area (Å²) in [4.78, 5) is 6.56. The van der Waals surface area contributed by atoms with Crippen LogP contribution in [0.2, 0.25) is 0 Å². The maximum absolute atomic E-state index is 4.33. The highest BCUT2D eigenvalue weighted by Crippen LogP contribution is 2.17. The highest BCUT2D eigenvalue weighted by atomic mass is 15.2. The van der Waals surface area contributed by atoms with Gasteiger partial charge >= 0.3 is 0 Å². The van der Waals surface area contributed by atoms with Crippen LogP contribution >= 0.6 is 0 Å². The fourth-order valence-corrected chi connectivity index (χ4v) is 2.16. The number of guanidine groups is 1. The first-order chi connectivity index (χ1) is 10.3. The average molecular weight is 304 g/mol. The Kier molecular flexibility index (Phi) is 7.39. The van der Waals surface area contributed by atoms with E-state index in [1.807, 2.05) is 7.05 Å². The normalized spacial score (nSPS) is 15.0. The van der Waals surface area contributed by atoms with Gasteiger partial charge in [-0.2, -0.15) is 0 Å². The van der Waals surface area contributed by atoms with Crippen LogP contribution in [0, 0.1) is 12.8 Å². The van der Waals surface area contributed by atoms with Gasteiger partial charge in [0.1, 0.15) is 0 Å². The summed E-state index contributed by atoms with van der Waals surface area (Å²) in [5.41, 5.74) is 2.60. The predicted molar refractivity (Wildman–Crippen MR) is 96.4 cm³/mol. The summed E-state index contributed by atoms with van der Waals surface area (Å²) in [6, 6.07) is 9.44. The van der Waals surface area contributed by atoms with Gasteiger partial charge in [-0.1, -0.05) is 43.7 Å². The number of aliphatic imine (C=N–C) groups is 1. The molecule has 0 bridgehead atoms. The molecular weight excluding hydrogens is 272 g/mol. The zero-order valence-corrected chi connectivity index (χ0v) is 15.1. The van der Waals surface area contributed by atoms with E-state index in [2.05, 4.69) is 86.6 Å². The van der Waals surface area contributed by atoms with Crippen molar-refractivity contribution in [3.8, 4) is 0 Å². The molecule has 1 aromatic carbocycles. The zero-order valence-electron chi connectivity index (χ0n) is 15.1. The molecule has 1 aromatic rings. The van der Waals surface area contributed by atoms with E-state index in [0.717, 1.165) is 12.5 Å². The van der Waals surface area contributed by atoms with Crippen molar-refractivity contribution in [3.63, 3.8) is 0 Å². The number of likely N-dealkylation sites (N-methyl/N-ethyl adjacent to an activating group) is 1. The summed E-state index contributed by atoms with van der Waals surface area (Å²) in [7, 11) is 6.04. The van der Waals surface area contributed by atoms with Crippen LogP contribution in [0.5, 0.6) is 0 Å². The van der Waals surface area contributed by atoms with Gasteiger partial charge in [0.2, 0.25) is 0 Å². The fourth-order valence-electron chi connectivity index (χ4n) is 2.16. The van der Waals surface area contributed by atoms with Crippen molar-refractivity contribution >= 4 is 5.96 Å². The fraction of sp³-hybridized carbons (Fsp3) is 0.611. The Bertz CT molecular complexity index is 462. The minimum atomic E-state index is 0.313. The third kappa shape index (κ3) is 5.68. The second-order valence-corrected chi connectivity index (χ2v) is 6.52. The Balaban J connectivity index is 2.69. The van der Waals surface area contributed by atoms with Gasteiger partial charge in [0.15, 0.2) is 5.96 Å². The van der Waals surface area contributed by atoms with E-state index >= 15 is 0 Å². The van der Waals surface area contributed by atoms with Crippen molar-refractivity contribution in [2.24, 2.45) is 10.9 Å². The van der Waals surface area contributed by atoms with Gasteiger partial charge in [0, 0.05) is 19.6 Å². The van der Waals surface area contributed by atoms with Crippen molar-refractivity contribution in [3.05, 3.63) is 35.4 Å². The number of hydrogen-bond acceptors (Lipinski definition) is 2. The van der Waals surface area contributed by atoms with Crippen LogP contribution in [0.1, 0.15) is 37.9 Å². The molecule has 0 aliphatic carbocycles. The molecule has 0 saturated carbocycles. The molecule has 22 heavy (non-hydrogen) atoms. The minimum absolute atomic E-state index is 0.313. The molecule has 0 radical (unpaired) electrons. The van der Waals surface area contributed by atoms with Crippen molar-refractivity contribution in [1.82, 2.24) is 15.5 Å². The van der Waals surface area contributed by atoms with Crippen LogP contribution < -0.4 is 10.6 Å². The summed E-state index contributed by atoms with van der Waals surface area (Å²) >= 11 is 0. The van der Waals surface area contributed by atoms with Crippen molar-refractivity contribution in [2.75, 3.05) is 27.7 Å². The van der Waals surface area contributed by atoms with Gasteiger partial charge in [0.25, 0.3) is 0 Å². The molecule has 2 atom stereocenters.